The Morgan fingerprint density at radius 1 is 0.642 bits per heavy atom. The molecular weight excluding hydrogens is 645 g/mol. The van der Waals surface area contributed by atoms with Gasteiger partial charge in [-0.15, -0.1) is 0 Å². The van der Waals surface area contributed by atoms with Crippen molar-refractivity contribution in [2.45, 2.75) is 87.0 Å². The molecule has 0 aromatic heterocycles. The van der Waals surface area contributed by atoms with Gasteiger partial charge in [-0.25, -0.2) is 0 Å². The summed E-state index contributed by atoms with van der Waals surface area (Å²) < 4.78 is 6.22. The van der Waals surface area contributed by atoms with E-state index in [0.717, 1.165) is 49.7 Å². The summed E-state index contributed by atoms with van der Waals surface area (Å²) in [6.07, 6.45) is 7.92. The summed E-state index contributed by atoms with van der Waals surface area (Å²) in [6, 6.07) is 32.0. The summed E-state index contributed by atoms with van der Waals surface area (Å²) in [6.45, 7) is 20.9. The number of rotatable bonds is 13. The zero-order valence-electron chi connectivity index (χ0n) is 32.7. The van der Waals surface area contributed by atoms with Gasteiger partial charge in [-0.2, -0.15) is 0 Å². The minimum atomic E-state index is 0.0203. The summed E-state index contributed by atoms with van der Waals surface area (Å²) in [5.41, 5.74) is 5.40. The highest BCUT2D eigenvalue weighted by Crippen LogP contribution is 2.48. The molecule has 8 aromatic rings. The number of phenols is 1. The fraction of sp³-hybridized carbons (Fsp3) is 0.333. The van der Waals surface area contributed by atoms with Crippen LogP contribution < -0.4 is 4.74 Å². The van der Waals surface area contributed by atoms with Crippen molar-refractivity contribution in [1.29, 1.82) is 0 Å². The molecular formula is C51H54O2. The van der Waals surface area contributed by atoms with Gasteiger partial charge >= 0.3 is 0 Å². The molecule has 0 unspecified atom stereocenters. The van der Waals surface area contributed by atoms with Gasteiger partial charge < -0.3 is 9.84 Å². The van der Waals surface area contributed by atoms with Gasteiger partial charge in [-0.3, -0.25) is 0 Å². The van der Waals surface area contributed by atoms with Crippen LogP contribution in [0.25, 0.3) is 64.6 Å². The van der Waals surface area contributed by atoms with Crippen LogP contribution in [0.2, 0.25) is 0 Å². The maximum atomic E-state index is 11.4. The topological polar surface area (TPSA) is 29.5 Å². The van der Waals surface area contributed by atoms with Crippen molar-refractivity contribution in [3.63, 3.8) is 0 Å². The summed E-state index contributed by atoms with van der Waals surface area (Å²) >= 11 is 0. The molecule has 0 aliphatic rings. The minimum Gasteiger partial charge on any atom is -0.507 e. The highest BCUT2D eigenvalue weighted by atomic mass is 16.5. The van der Waals surface area contributed by atoms with Gasteiger partial charge in [0.25, 0.3) is 0 Å². The van der Waals surface area contributed by atoms with Crippen LogP contribution in [0.3, 0.4) is 0 Å². The Labute approximate surface area is 315 Å². The van der Waals surface area contributed by atoms with Crippen LogP contribution in [0.4, 0.5) is 0 Å². The van der Waals surface area contributed by atoms with Crippen LogP contribution in [-0.2, 0) is 25.7 Å². The lowest BCUT2D eigenvalue weighted by molar-refractivity contribution is 0.0989. The molecule has 2 heteroatoms. The number of hydrogen-bond donors (Lipinski definition) is 1. The molecule has 0 saturated heterocycles. The average molecular weight is 699 g/mol. The first-order valence-electron chi connectivity index (χ1n) is 19.8. The summed E-state index contributed by atoms with van der Waals surface area (Å²) in [5, 5.41) is 26.4. The molecule has 0 aliphatic carbocycles. The van der Waals surface area contributed by atoms with Crippen molar-refractivity contribution in [2.24, 2.45) is 16.7 Å². The van der Waals surface area contributed by atoms with Crippen LogP contribution in [-0.4, -0.2) is 11.7 Å². The normalized spacial score (nSPS) is 12.9. The second kappa shape index (κ2) is 13.2. The molecule has 8 rings (SSSR count). The maximum Gasteiger partial charge on any atom is 0.127 e. The largest absolute Gasteiger partial charge is 0.507 e. The van der Waals surface area contributed by atoms with Crippen LogP contribution >= 0.6 is 0 Å². The smallest absolute Gasteiger partial charge is 0.127 e. The van der Waals surface area contributed by atoms with E-state index in [1.54, 1.807) is 0 Å². The Bertz CT molecular complexity index is 2600. The van der Waals surface area contributed by atoms with E-state index < -0.39 is 0 Å². The standard InChI is InChI=1S/C51H54O2/c1-9-11-34-29-45(53-22-10-2)43-19-15-39-27-33(26-38-13-16-40(34)49(43)47(38)39)30-51(7,8)50(5,6)21-20-35-28-44(52)42-18-14-37-25-32(23-31(3)4)24-36-12-17-41(35)48(42)46(36)37/h10,12-19,24-29,31,52H,2,9,11,20-23,30H2,1,3-8H3. The third kappa shape index (κ3) is 6.05. The van der Waals surface area contributed by atoms with E-state index in [2.05, 4.69) is 134 Å². The van der Waals surface area contributed by atoms with Crippen LogP contribution in [0.5, 0.6) is 11.5 Å². The SMILES string of the molecule is C=CCOc1cc(CCC)c2ccc3cc(CC(C)(C)C(C)(C)CCc4cc(O)c5ccc6cc(CC(C)C)cc7ccc4c5c67)cc4ccc1c2c34. The monoisotopic (exact) mass is 698 g/mol. The lowest BCUT2D eigenvalue weighted by atomic mass is 9.62. The van der Waals surface area contributed by atoms with Crippen LogP contribution in [0, 0.1) is 16.7 Å². The van der Waals surface area contributed by atoms with E-state index >= 15 is 0 Å². The van der Waals surface area contributed by atoms with Crippen molar-refractivity contribution >= 4 is 64.6 Å². The predicted molar refractivity (Wildman–Crippen MR) is 230 cm³/mol. The van der Waals surface area contributed by atoms with Gasteiger partial charge in [-0.1, -0.05) is 134 Å². The summed E-state index contributed by atoms with van der Waals surface area (Å²) in [4.78, 5) is 0. The second-order valence-electron chi connectivity index (χ2n) is 17.5. The molecule has 0 amide bonds. The fourth-order valence-corrected chi connectivity index (χ4v) is 9.23. The predicted octanol–water partition coefficient (Wildman–Crippen LogP) is 14.1. The van der Waals surface area contributed by atoms with Gasteiger partial charge in [-0.05, 0) is 132 Å². The number of benzene rings is 8. The lowest BCUT2D eigenvalue weighted by Gasteiger charge is -2.42. The number of aryl methyl sites for hydroxylation is 2. The van der Waals surface area contributed by atoms with E-state index in [0.29, 0.717) is 18.3 Å². The quantitative estimate of drug-likeness (QED) is 0.0959. The Morgan fingerprint density at radius 2 is 1.17 bits per heavy atom. The molecule has 53 heavy (non-hydrogen) atoms. The molecule has 0 fully saturated rings. The number of hydrogen-bond acceptors (Lipinski definition) is 2. The molecule has 0 saturated carbocycles. The molecule has 0 atom stereocenters. The highest BCUT2D eigenvalue weighted by Gasteiger charge is 2.37. The maximum absolute atomic E-state index is 11.4. The highest BCUT2D eigenvalue weighted by molar-refractivity contribution is 6.26. The molecule has 0 spiro atoms. The zero-order valence-corrected chi connectivity index (χ0v) is 32.7. The Kier molecular flexibility index (Phi) is 8.80. The molecule has 1 N–H and O–H groups in total. The molecule has 270 valence electrons. The Balaban J connectivity index is 1.11. The van der Waals surface area contributed by atoms with Gasteiger partial charge in [0.2, 0.25) is 0 Å². The van der Waals surface area contributed by atoms with E-state index in [9.17, 15) is 5.11 Å². The Hall–Kier alpha value is -4.82. The molecule has 0 radical (unpaired) electrons. The molecule has 0 aliphatic heterocycles. The average Bonchev–Trinajstić information content (AvgIpc) is 3.11. The zero-order chi connectivity index (χ0) is 37.2. The van der Waals surface area contributed by atoms with Gasteiger partial charge in [0.1, 0.15) is 18.1 Å². The van der Waals surface area contributed by atoms with Gasteiger partial charge in [0.05, 0.1) is 0 Å². The molecule has 0 heterocycles. The van der Waals surface area contributed by atoms with Gasteiger partial charge in [0.15, 0.2) is 0 Å². The molecule has 2 nitrogen and oxygen atoms in total. The number of phenolic OH excluding ortho intramolecular Hbond substituents is 1. The minimum absolute atomic E-state index is 0.0203. The number of aromatic hydroxyl groups is 1. The van der Waals surface area contributed by atoms with Crippen molar-refractivity contribution < 1.29 is 9.84 Å². The number of ether oxygens (including phenoxy) is 1. The van der Waals surface area contributed by atoms with Gasteiger partial charge in [0, 0.05) is 21.5 Å². The van der Waals surface area contributed by atoms with Crippen LogP contribution in [0.1, 0.15) is 83.6 Å². The first-order valence-corrected chi connectivity index (χ1v) is 19.8. The van der Waals surface area contributed by atoms with Crippen molar-refractivity contribution in [3.8, 4) is 11.5 Å². The van der Waals surface area contributed by atoms with E-state index in [-0.39, 0.29) is 10.8 Å². The van der Waals surface area contributed by atoms with E-state index in [4.69, 9.17) is 4.74 Å². The van der Waals surface area contributed by atoms with E-state index in [1.807, 2.05) is 12.1 Å². The van der Waals surface area contributed by atoms with Crippen molar-refractivity contribution in [2.75, 3.05) is 6.61 Å². The molecule has 0 bridgehead atoms. The first-order chi connectivity index (χ1) is 25.4. The first kappa shape index (κ1) is 35.2. The third-order valence-corrected chi connectivity index (χ3v) is 12.7. The Morgan fingerprint density at radius 3 is 1.74 bits per heavy atom. The third-order valence-electron chi connectivity index (χ3n) is 12.7. The second-order valence-corrected chi connectivity index (χ2v) is 17.5. The van der Waals surface area contributed by atoms with Crippen LogP contribution in [0.15, 0.2) is 97.6 Å². The fourth-order valence-electron chi connectivity index (χ4n) is 9.23. The van der Waals surface area contributed by atoms with Crippen molar-refractivity contribution in [3.05, 3.63) is 120 Å². The lowest BCUT2D eigenvalue weighted by Crippen LogP contribution is -2.35. The van der Waals surface area contributed by atoms with E-state index in [1.165, 1.54) is 81.5 Å². The van der Waals surface area contributed by atoms with Crippen molar-refractivity contribution in [1.82, 2.24) is 0 Å². The molecule has 8 aromatic carbocycles. The summed E-state index contributed by atoms with van der Waals surface area (Å²) in [5.74, 6) is 1.95. The summed E-state index contributed by atoms with van der Waals surface area (Å²) in [7, 11) is 0.